The first-order valence-electron chi connectivity index (χ1n) is 9.63. The molecule has 0 saturated heterocycles. The van der Waals surface area contributed by atoms with Crippen molar-refractivity contribution in [1.29, 1.82) is 0 Å². The Hall–Kier alpha value is -3.18. The average molecular weight is 494 g/mol. The molecule has 0 bridgehead atoms. The summed E-state index contributed by atoms with van der Waals surface area (Å²) in [6.45, 7) is 3.75. The number of halogens is 3. The van der Waals surface area contributed by atoms with Gasteiger partial charge < -0.3 is 4.52 Å². The zero-order chi connectivity index (χ0) is 24.0. The van der Waals surface area contributed by atoms with Crippen LogP contribution in [-0.4, -0.2) is 25.6 Å². The third-order valence-corrected chi connectivity index (χ3v) is 7.77. The molecule has 33 heavy (non-hydrogen) atoms. The van der Waals surface area contributed by atoms with Gasteiger partial charge in [0.1, 0.15) is 9.77 Å². The number of aromatic nitrogens is 2. The number of nitrogens with zero attached hydrogens (tertiary/aromatic N) is 3. The quantitative estimate of drug-likeness (QED) is 0.345. The average Bonchev–Trinajstić information content (AvgIpc) is 3.41. The Morgan fingerprint density at radius 3 is 2.39 bits per heavy atom. The van der Waals surface area contributed by atoms with Crippen LogP contribution in [0.5, 0.6) is 0 Å². The van der Waals surface area contributed by atoms with Gasteiger partial charge in [-0.1, -0.05) is 23.4 Å². The first kappa shape index (κ1) is 23.0. The van der Waals surface area contributed by atoms with Gasteiger partial charge in [-0.3, -0.25) is 4.31 Å². The molecule has 0 fully saturated rings. The van der Waals surface area contributed by atoms with Crippen molar-refractivity contribution in [3.8, 4) is 22.2 Å². The second-order valence-electron chi connectivity index (χ2n) is 7.43. The highest BCUT2D eigenvalue weighted by Crippen LogP contribution is 2.36. The predicted octanol–water partition coefficient (Wildman–Crippen LogP) is 5.93. The van der Waals surface area contributed by atoms with Crippen LogP contribution >= 0.6 is 11.3 Å². The first-order chi connectivity index (χ1) is 15.5. The van der Waals surface area contributed by atoms with Crippen LogP contribution in [0.25, 0.3) is 22.2 Å². The van der Waals surface area contributed by atoms with Crippen molar-refractivity contribution in [1.82, 2.24) is 10.1 Å². The van der Waals surface area contributed by atoms with E-state index < -0.39 is 21.8 Å². The van der Waals surface area contributed by atoms with Crippen LogP contribution in [0.4, 0.5) is 18.9 Å². The van der Waals surface area contributed by atoms with Crippen LogP contribution in [-0.2, 0) is 16.2 Å². The van der Waals surface area contributed by atoms with E-state index in [-0.39, 0.29) is 27.1 Å². The monoisotopic (exact) mass is 493 g/mol. The molecule has 0 amide bonds. The van der Waals surface area contributed by atoms with Gasteiger partial charge in [0.05, 0.1) is 11.3 Å². The fraction of sp³-hybridized carbons (Fsp3) is 0.182. The van der Waals surface area contributed by atoms with Crippen LogP contribution in [0, 0.1) is 13.8 Å². The highest BCUT2D eigenvalue weighted by Gasteiger charge is 2.31. The third-order valence-electron chi connectivity index (χ3n) is 4.91. The molecule has 0 aliphatic heterocycles. The van der Waals surface area contributed by atoms with Crippen LogP contribution in [0.3, 0.4) is 0 Å². The van der Waals surface area contributed by atoms with E-state index in [1.807, 2.05) is 19.9 Å². The Kier molecular flexibility index (Phi) is 5.79. The van der Waals surface area contributed by atoms with E-state index in [0.29, 0.717) is 5.69 Å². The molecule has 0 spiro atoms. The Balaban J connectivity index is 1.71. The lowest BCUT2D eigenvalue weighted by Gasteiger charge is -2.20. The van der Waals surface area contributed by atoms with Gasteiger partial charge in [-0.2, -0.15) is 18.2 Å². The van der Waals surface area contributed by atoms with Gasteiger partial charge in [-0.15, -0.1) is 11.3 Å². The summed E-state index contributed by atoms with van der Waals surface area (Å²) in [4.78, 5) is 4.33. The summed E-state index contributed by atoms with van der Waals surface area (Å²) in [5.41, 5.74) is 1.59. The molecule has 172 valence electrons. The molecule has 0 unspecified atom stereocenters. The fourth-order valence-corrected chi connectivity index (χ4v) is 5.84. The van der Waals surface area contributed by atoms with Crippen molar-refractivity contribution in [2.24, 2.45) is 0 Å². The molecule has 4 aromatic rings. The number of sulfonamides is 1. The number of alkyl halides is 3. The van der Waals surface area contributed by atoms with Crippen molar-refractivity contribution in [2.75, 3.05) is 11.4 Å². The van der Waals surface area contributed by atoms with Crippen LogP contribution in [0.1, 0.15) is 16.7 Å². The summed E-state index contributed by atoms with van der Waals surface area (Å²) in [5.74, 6) is -0.166. The SMILES string of the molecule is Cc1cc(C)cc(N(C)S(=O)(=O)c2ccsc2-c2nc(-c3cccc(C(F)(F)F)c3)no2)c1. The highest BCUT2D eigenvalue weighted by molar-refractivity contribution is 7.93. The zero-order valence-electron chi connectivity index (χ0n) is 17.7. The number of hydrogen-bond donors (Lipinski definition) is 0. The second kappa shape index (κ2) is 8.31. The van der Waals surface area contributed by atoms with Gasteiger partial charge >= 0.3 is 6.18 Å². The molecule has 0 saturated carbocycles. The highest BCUT2D eigenvalue weighted by atomic mass is 32.2. The molecule has 0 radical (unpaired) electrons. The predicted molar refractivity (Wildman–Crippen MR) is 120 cm³/mol. The molecule has 4 rings (SSSR count). The van der Waals surface area contributed by atoms with Crippen LogP contribution in [0.2, 0.25) is 0 Å². The largest absolute Gasteiger partial charge is 0.416 e. The standard InChI is InChI=1S/C22H18F3N3O3S2/c1-13-9-14(2)11-17(10-13)28(3)33(29,30)18-7-8-32-19(18)21-26-20(27-31-21)15-5-4-6-16(12-15)22(23,24)25/h4-12H,1-3H3. The molecule has 2 aromatic heterocycles. The second-order valence-corrected chi connectivity index (χ2v) is 10.3. The lowest BCUT2D eigenvalue weighted by molar-refractivity contribution is -0.137. The van der Waals surface area contributed by atoms with E-state index in [1.165, 1.54) is 29.6 Å². The molecule has 0 atom stereocenters. The maximum absolute atomic E-state index is 13.4. The number of rotatable bonds is 5. The number of thiophene rings is 1. The number of anilines is 1. The van der Waals surface area contributed by atoms with E-state index in [0.717, 1.165) is 34.6 Å². The van der Waals surface area contributed by atoms with Crippen molar-refractivity contribution >= 4 is 27.0 Å². The molecule has 11 heteroatoms. The summed E-state index contributed by atoms with van der Waals surface area (Å²) in [6.07, 6.45) is -4.52. The minimum absolute atomic E-state index is 0.0339. The molecular formula is C22H18F3N3O3S2. The number of hydrogen-bond acceptors (Lipinski definition) is 6. The van der Waals surface area contributed by atoms with E-state index in [2.05, 4.69) is 10.1 Å². The van der Waals surface area contributed by atoms with Crippen molar-refractivity contribution in [2.45, 2.75) is 24.9 Å². The topological polar surface area (TPSA) is 76.3 Å². The van der Waals surface area contributed by atoms with Gasteiger partial charge in [-0.25, -0.2) is 8.42 Å². The maximum atomic E-state index is 13.4. The molecule has 2 heterocycles. The zero-order valence-corrected chi connectivity index (χ0v) is 19.3. The van der Waals surface area contributed by atoms with Crippen LogP contribution < -0.4 is 4.31 Å². The summed E-state index contributed by atoms with van der Waals surface area (Å²) in [6, 6.07) is 11.4. The lowest BCUT2D eigenvalue weighted by Crippen LogP contribution is -2.26. The Morgan fingerprint density at radius 1 is 1.03 bits per heavy atom. The smallest absolute Gasteiger partial charge is 0.333 e. The summed E-state index contributed by atoms with van der Waals surface area (Å²) in [5, 5.41) is 5.33. The summed E-state index contributed by atoms with van der Waals surface area (Å²) >= 11 is 1.08. The third kappa shape index (κ3) is 4.51. The number of benzene rings is 2. The molecule has 0 aliphatic carbocycles. The Morgan fingerprint density at radius 2 is 1.73 bits per heavy atom. The Bertz CT molecular complexity index is 1410. The van der Waals surface area contributed by atoms with E-state index in [4.69, 9.17) is 4.52 Å². The molecule has 2 aromatic carbocycles. The maximum Gasteiger partial charge on any atom is 0.416 e. The van der Waals surface area contributed by atoms with Crippen LogP contribution in [0.15, 0.2) is 63.3 Å². The van der Waals surface area contributed by atoms with Gasteiger partial charge in [-0.05, 0) is 60.7 Å². The molecule has 0 N–H and O–H groups in total. The van der Waals surface area contributed by atoms with Crippen molar-refractivity contribution in [3.05, 3.63) is 70.6 Å². The van der Waals surface area contributed by atoms with Crippen molar-refractivity contribution < 1.29 is 26.1 Å². The fourth-order valence-electron chi connectivity index (χ4n) is 3.34. The lowest BCUT2D eigenvalue weighted by atomic mass is 10.1. The molecular weight excluding hydrogens is 475 g/mol. The van der Waals surface area contributed by atoms with E-state index in [9.17, 15) is 21.6 Å². The summed E-state index contributed by atoms with van der Waals surface area (Å²) in [7, 11) is -2.52. The Labute approximate surface area is 192 Å². The van der Waals surface area contributed by atoms with Gasteiger partial charge in [0.25, 0.3) is 15.9 Å². The van der Waals surface area contributed by atoms with E-state index >= 15 is 0 Å². The normalized spacial score (nSPS) is 12.2. The molecule has 6 nitrogen and oxygen atoms in total. The van der Waals surface area contributed by atoms with Gasteiger partial charge in [0.15, 0.2) is 0 Å². The molecule has 0 aliphatic rings. The minimum atomic E-state index is -4.52. The van der Waals surface area contributed by atoms with Gasteiger partial charge in [0.2, 0.25) is 5.82 Å². The van der Waals surface area contributed by atoms with E-state index in [1.54, 1.807) is 17.5 Å². The minimum Gasteiger partial charge on any atom is -0.333 e. The number of aryl methyl sites for hydroxylation is 2. The first-order valence-corrected chi connectivity index (χ1v) is 12.0. The summed E-state index contributed by atoms with van der Waals surface area (Å²) < 4.78 is 72.2. The van der Waals surface area contributed by atoms with Crippen molar-refractivity contribution in [3.63, 3.8) is 0 Å². The van der Waals surface area contributed by atoms with Gasteiger partial charge in [0, 0.05) is 12.6 Å².